The summed E-state index contributed by atoms with van der Waals surface area (Å²) in [4.78, 5) is 37.8. The first-order valence-electron chi connectivity index (χ1n) is 11.5. The molecule has 1 N–H and O–H groups in total. The van der Waals surface area contributed by atoms with Gasteiger partial charge in [-0.15, -0.1) is 0 Å². The Kier molecular flexibility index (Phi) is 7.69. The number of imide groups is 1. The molecule has 0 aromatic heterocycles. The van der Waals surface area contributed by atoms with Gasteiger partial charge in [0.2, 0.25) is 12.7 Å². The number of ether oxygens (including phenoxy) is 2. The lowest BCUT2D eigenvalue weighted by Crippen LogP contribution is -2.27. The second kappa shape index (κ2) is 11.0. The molecule has 0 aliphatic carbocycles. The van der Waals surface area contributed by atoms with E-state index in [1.54, 1.807) is 12.1 Å². The van der Waals surface area contributed by atoms with Crippen molar-refractivity contribution in [2.24, 2.45) is 0 Å². The van der Waals surface area contributed by atoms with Crippen LogP contribution in [0.15, 0.2) is 64.4 Å². The zero-order chi connectivity index (χ0) is 28.6. The summed E-state index contributed by atoms with van der Waals surface area (Å²) < 4.78 is 41.2. The maximum absolute atomic E-state index is 13.0. The lowest BCUT2D eigenvalue weighted by atomic mass is 10.1. The molecule has 1 saturated heterocycles. The molecule has 3 aromatic rings. The van der Waals surface area contributed by atoms with Crippen LogP contribution in [0.4, 0.5) is 10.5 Å². The molecule has 206 valence electrons. The van der Waals surface area contributed by atoms with E-state index < -0.39 is 21.3 Å². The van der Waals surface area contributed by atoms with Gasteiger partial charge >= 0.3 is 10.1 Å². The van der Waals surface area contributed by atoms with Gasteiger partial charge in [0.05, 0.1) is 16.5 Å². The Morgan fingerprint density at radius 1 is 1.05 bits per heavy atom. The highest BCUT2D eigenvalue weighted by atomic mass is 35.5. The molecule has 0 saturated carbocycles. The molecule has 2 aliphatic rings. The SMILES string of the molecule is CC(=O)Nc1ccc(S(=O)(=O)Oc2ccc(/C=C3\SC(=O)N(Cc4cc5c(cc4Cl)OCO5)C3=O)cc2Cl)cc1. The van der Waals surface area contributed by atoms with E-state index in [4.69, 9.17) is 36.9 Å². The Balaban J connectivity index is 1.30. The molecule has 2 aliphatic heterocycles. The van der Waals surface area contributed by atoms with E-state index in [1.165, 1.54) is 55.5 Å². The summed E-state index contributed by atoms with van der Waals surface area (Å²) in [6, 6.07) is 12.9. The number of benzene rings is 3. The van der Waals surface area contributed by atoms with E-state index in [0.29, 0.717) is 33.3 Å². The predicted octanol–water partition coefficient (Wildman–Crippen LogP) is 5.68. The van der Waals surface area contributed by atoms with Crippen LogP contribution in [0.2, 0.25) is 10.0 Å². The second-order valence-corrected chi connectivity index (χ2v) is 11.9. The van der Waals surface area contributed by atoms with Crippen molar-refractivity contribution in [2.45, 2.75) is 18.4 Å². The highest BCUT2D eigenvalue weighted by molar-refractivity contribution is 8.18. The third kappa shape index (κ3) is 5.89. The van der Waals surface area contributed by atoms with Gasteiger partial charge < -0.3 is 19.0 Å². The molecule has 0 spiro atoms. The largest absolute Gasteiger partial charge is 0.454 e. The summed E-state index contributed by atoms with van der Waals surface area (Å²) in [6.45, 7) is 1.33. The van der Waals surface area contributed by atoms with Gasteiger partial charge in [0.15, 0.2) is 17.2 Å². The van der Waals surface area contributed by atoms with Gasteiger partial charge in [0.25, 0.3) is 11.1 Å². The molecule has 1 fully saturated rings. The molecule has 0 unspecified atom stereocenters. The highest BCUT2D eigenvalue weighted by Gasteiger charge is 2.36. The van der Waals surface area contributed by atoms with E-state index in [2.05, 4.69) is 5.32 Å². The summed E-state index contributed by atoms with van der Waals surface area (Å²) in [7, 11) is -4.23. The molecule has 10 nitrogen and oxygen atoms in total. The lowest BCUT2D eigenvalue weighted by molar-refractivity contribution is -0.123. The normalized spacial score (nSPS) is 15.6. The number of rotatable bonds is 7. The van der Waals surface area contributed by atoms with Crippen LogP contribution < -0.4 is 19.0 Å². The van der Waals surface area contributed by atoms with Gasteiger partial charge in [0.1, 0.15) is 4.90 Å². The number of anilines is 1. The van der Waals surface area contributed by atoms with E-state index in [0.717, 1.165) is 16.7 Å². The predicted molar refractivity (Wildman–Crippen MR) is 149 cm³/mol. The molecule has 3 amide bonds. The fourth-order valence-electron chi connectivity index (χ4n) is 3.79. The summed E-state index contributed by atoms with van der Waals surface area (Å²) in [5.74, 6) is 0.0148. The average molecular weight is 621 g/mol. The minimum atomic E-state index is -4.23. The van der Waals surface area contributed by atoms with Crippen molar-refractivity contribution in [2.75, 3.05) is 12.1 Å². The highest BCUT2D eigenvalue weighted by Crippen LogP contribution is 2.40. The number of hydrogen-bond donors (Lipinski definition) is 1. The number of fused-ring (bicyclic) bond motifs is 1. The summed E-state index contributed by atoms with van der Waals surface area (Å²) in [5.41, 5.74) is 1.39. The molecule has 3 aromatic carbocycles. The number of amides is 3. The first kappa shape index (κ1) is 27.8. The van der Waals surface area contributed by atoms with Crippen molar-refractivity contribution >= 4 is 73.9 Å². The van der Waals surface area contributed by atoms with Crippen molar-refractivity contribution in [1.29, 1.82) is 0 Å². The van der Waals surface area contributed by atoms with Crippen molar-refractivity contribution < 1.29 is 36.5 Å². The van der Waals surface area contributed by atoms with E-state index in [9.17, 15) is 22.8 Å². The van der Waals surface area contributed by atoms with E-state index in [1.807, 2.05) is 0 Å². The maximum atomic E-state index is 13.0. The van der Waals surface area contributed by atoms with E-state index in [-0.39, 0.29) is 39.8 Å². The Labute approximate surface area is 242 Å². The monoisotopic (exact) mass is 620 g/mol. The van der Waals surface area contributed by atoms with Crippen LogP contribution in [0, 0.1) is 0 Å². The molecular formula is C26H18Cl2N2O8S2. The first-order valence-corrected chi connectivity index (χ1v) is 14.4. The summed E-state index contributed by atoms with van der Waals surface area (Å²) >= 11 is 13.3. The van der Waals surface area contributed by atoms with Gasteiger partial charge in [-0.25, -0.2) is 0 Å². The van der Waals surface area contributed by atoms with Crippen molar-refractivity contribution in [3.05, 3.63) is 80.7 Å². The minimum Gasteiger partial charge on any atom is -0.454 e. The number of thioether (sulfide) groups is 1. The van der Waals surface area contributed by atoms with Gasteiger partial charge in [-0.05, 0) is 71.4 Å². The topological polar surface area (TPSA) is 128 Å². The van der Waals surface area contributed by atoms with Gasteiger partial charge in [-0.2, -0.15) is 8.42 Å². The van der Waals surface area contributed by atoms with Crippen LogP contribution in [0.1, 0.15) is 18.1 Å². The molecule has 0 radical (unpaired) electrons. The Bertz CT molecular complexity index is 1690. The zero-order valence-corrected chi connectivity index (χ0v) is 23.6. The fourth-order valence-corrected chi connectivity index (χ4v) is 6.06. The Morgan fingerprint density at radius 2 is 1.75 bits per heavy atom. The number of nitrogens with one attached hydrogen (secondary N) is 1. The van der Waals surface area contributed by atoms with Gasteiger partial charge in [0, 0.05) is 23.7 Å². The molecule has 5 rings (SSSR count). The molecule has 40 heavy (non-hydrogen) atoms. The fraction of sp³-hybridized carbons (Fsp3) is 0.115. The second-order valence-electron chi connectivity index (χ2n) is 8.50. The smallest absolute Gasteiger partial charge is 0.339 e. The first-order chi connectivity index (χ1) is 19.0. The van der Waals surface area contributed by atoms with Crippen LogP contribution in [-0.4, -0.2) is 37.2 Å². The molecule has 0 bridgehead atoms. The number of carbonyl (C=O) groups is 3. The Hall–Kier alpha value is -3.71. The maximum Gasteiger partial charge on any atom is 0.339 e. The summed E-state index contributed by atoms with van der Waals surface area (Å²) in [6.07, 6.45) is 1.47. The number of halogens is 2. The third-order valence-corrected chi connectivity index (χ3v) is 8.46. The van der Waals surface area contributed by atoms with Crippen molar-refractivity contribution in [3.8, 4) is 17.2 Å². The Morgan fingerprint density at radius 3 is 2.42 bits per heavy atom. The minimum absolute atomic E-state index is 0.0291. The van der Waals surface area contributed by atoms with Gasteiger partial charge in [-0.3, -0.25) is 19.3 Å². The van der Waals surface area contributed by atoms with Crippen LogP contribution in [0.25, 0.3) is 6.08 Å². The number of nitrogens with zero attached hydrogens (tertiary/aromatic N) is 1. The number of hydrogen-bond acceptors (Lipinski definition) is 9. The summed E-state index contributed by atoms with van der Waals surface area (Å²) in [5, 5.41) is 2.36. The zero-order valence-electron chi connectivity index (χ0n) is 20.5. The van der Waals surface area contributed by atoms with Crippen molar-refractivity contribution in [1.82, 2.24) is 4.90 Å². The molecule has 0 atom stereocenters. The van der Waals surface area contributed by atoms with Crippen LogP contribution in [0.5, 0.6) is 17.2 Å². The molecular weight excluding hydrogens is 603 g/mol. The standard InChI is InChI=1S/C26H18Cl2N2O8S2/c1-14(31)29-17-3-5-18(6-4-17)40(34,35)38-21-7-2-15(8-20(21)28)9-24-25(32)30(26(33)39-24)12-16-10-22-23(11-19(16)27)37-13-36-22/h2-11H,12-13H2,1H3,(H,29,31)/b24-9-. The van der Waals surface area contributed by atoms with Crippen LogP contribution >= 0.6 is 35.0 Å². The third-order valence-electron chi connectivity index (χ3n) is 5.66. The lowest BCUT2D eigenvalue weighted by Gasteiger charge is -2.14. The quantitative estimate of drug-likeness (QED) is 0.262. The van der Waals surface area contributed by atoms with E-state index >= 15 is 0 Å². The number of carbonyl (C=O) groups excluding carboxylic acids is 3. The average Bonchev–Trinajstić information content (AvgIpc) is 3.44. The van der Waals surface area contributed by atoms with Crippen LogP contribution in [-0.2, 0) is 26.3 Å². The molecule has 14 heteroatoms. The van der Waals surface area contributed by atoms with Crippen molar-refractivity contribution in [3.63, 3.8) is 0 Å². The molecule has 2 heterocycles. The van der Waals surface area contributed by atoms with Gasteiger partial charge in [-0.1, -0.05) is 29.3 Å². The van der Waals surface area contributed by atoms with Crippen LogP contribution in [0.3, 0.4) is 0 Å².